The van der Waals surface area contributed by atoms with Gasteiger partial charge in [-0.2, -0.15) is 0 Å². The van der Waals surface area contributed by atoms with Gasteiger partial charge < -0.3 is 10.4 Å². The molecule has 2 atom stereocenters. The van der Waals surface area contributed by atoms with Crippen LogP contribution in [-0.2, 0) is 4.79 Å². The van der Waals surface area contributed by atoms with E-state index in [1.54, 1.807) is 6.92 Å². The summed E-state index contributed by atoms with van der Waals surface area (Å²) in [6.45, 7) is 2.31. The number of ketones is 1. The van der Waals surface area contributed by atoms with Gasteiger partial charge in [0.25, 0.3) is 0 Å². The number of piperidine rings is 1. The molecular formula is C7H13NO2. The topological polar surface area (TPSA) is 49.3 Å². The minimum atomic E-state index is -0.282. The Morgan fingerprint density at radius 1 is 1.70 bits per heavy atom. The lowest BCUT2D eigenvalue weighted by Crippen LogP contribution is -2.44. The van der Waals surface area contributed by atoms with Crippen molar-refractivity contribution in [2.45, 2.75) is 31.9 Å². The lowest BCUT2D eigenvalue weighted by Gasteiger charge is -2.24. The fraction of sp³-hybridized carbons (Fsp3) is 0.857. The molecule has 1 aliphatic heterocycles. The van der Waals surface area contributed by atoms with Crippen LogP contribution in [0.5, 0.6) is 0 Å². The first kappa shape index (κ1) is 7.69. The highest BCUT2D eigenvalue weighted by Crippen LogP contribution is 2.08. The molecule has 0 radical (unpaired) electrons. The maximum Gasteiger partial charge on any atom is 0.146 e. The quantitative estimate of drug-likeness (QED) is 0.529. The van der Waals surface area contributed by atoms with E-state index >= 15 is 0 Å². The first-order valence-electron chi connectivity index (χ1n) is 3.62. The Morgan fingerprint density at radius 3 is 2.80 bits per heavy atom. The zero-order valence-electron chi connectivity index (χ0n) is 6.13. The molecule has 0 aromatic carbocycles. The molecule has 0 saturated carbocycles. The number of Topliss-reactive ketones (excluding diaryl/α,β-unsaturated/α-hetero) is 1. The van der Waals surface area contributed by atoms with Crippen molar-refractivity contribution in [2.75, 3.05) is 6.54 Å². The van der Waals surface area contributed by atoms with Crippen molar-refractivity contribution in [1.29, 1.82) is 0 Å². The van der Waals surface area contributed by atoms with Crippen LogP contribution in [0, 0.1) is 0 Å². The zero-order valence-corrected chi connectivity index (χ0v) is 6.13. The summed E-state index contributed by atoms with van der Waals surface area (Å²) in [6, 6.07) is -0.108. The van der Waals surface area contributed by atoms with Crippen LogP contribution in [0.15, 0.2) is 0 Å². The summed E-state index contributed by atoms with van der Waals surface area (Å²) in [5.74, 6) is 0.124. The predicted octanol–water partition coefficient (Wildman–Crippen LogP) is -0.312. The van der Waals surface area contributed by atoms with E-state index < -0.39 is 0 Å². The fourth-order valence-corrected chi connectivity index (χ4v) is 1.21. The molecule has 3 nitrogen and oxygen atoms in total. The fourth-order valence-electron chi connectivity index (χ4n) is 1.21. The molecule has 1 fully saturated rings. The summed E-state index contributed by atoms with van der Waals surface area (Å²) in [5, 5.41) is 12.2. The Bertz CT molecular complexity index is 136. The van der Waals surface area contributed by atoms with Gasteiger partial charge in [-0.15, -0.1) is 0 Å². The van der Waals surface area contributed by atoms with Crippen LogP contribution in [0.25, 0.3) is 0 Å². The molecule has 1 heterocycles. The monoisotopic (exact) mass is 143 g/mol. The van der Waals surface area contributed by atoms with E-state index in [1.165, 1.54) is 0 Å². The largest absolute Gasteiger partial charge is 0.393 e. The molecule has 10 heavy (non-hydrogen) atoms. The van der Waals surface area contributed by atoms with Gasteiger partial charge >= 0.3 is 0 Å². The van der Waals surface area contributed by atoms with Crippen molar-refractivity contribution >= 4 is 5.78 Å². The van der Waals surface area contributed by atoms with Crippen molar-refractivity contribution in [3.63, 3.8) is 0 Å². The van der Waals surface area contributed by atoms with Crippen LogP contribution in [0.3, 0.4) is 0 Å². The number of hydrogen-bond donors (Lipinski definition) is 2. The molecule has 1 rings (SSSR count). The Labute approximate surface area is 60.4 Å². The van der Waals surface area contributed by atoms with Crippen LogP contribution in [0.1, 0.15) is 19.8 Å². The molecule has 0 spiro atoms. The Kier molecular flexibility index (Phi) is 2.40. The summed E-state index contributed by atoms with van der Waals surface area (Å²) in [5.41, 5.74) is 0. The smallest absolute Gasteiger partial charge is 0.146 e. The average molecular weight is 143 g/mol. The van der Waals surface area contributed by atoms with E-state index in [2.05, 4.69) is 5.32 Å². The second-order valence-corrected chi connectivity index (χ2v) is 2.80. The number of aliphatic hydroxyl groups is 1. The molecule has 1 aliphatic rings. The van der Waals surface area contributed by atoms with Crippen LogP contribution >= 0.6 is 0 Å². The number of carbonyl (C=O) groups is 1. The van der Waals surface area contributed by atoms with Gasteiger partial charge in [0, 0.05) is 0 Å². The van der Waals surface area contributed by atoms with Crippen molar-refractivity contribution < 1.29 is 9.90 Å². The molecule has 3 heteroatoms. The van der Waals surface area contributed by atoms with Gasteiger partial charge in [-0.3, -0.25) is 4.79 Å². The van der Waals surface area contributed by atoms with Crippen LogP contribution in [0.2, 0.25) is 0 Å². The molecule has 1 saturated heterocycles. The van der Waals surface area contributed by atoms with Gasteiger partial charge in [-0.05, 0) is 26.3 Å². The maximum absolute atomic E-state index is 10.8. The van der Waals surface area contributed by atoms with Gasteiger partial charge in [0.05, 0.1) is 12.1 Å². The SMILES string of the molecule is CC(=O)C1C[C@H](O)CCN1. The molecule has 0 amide bonds. The van der Waals surface area contributed by atoms with E-state index in [0.29, 0.717) is 6.42 Å². The van der Waals surface area contributed by atoms with Crippen LogP contribution in [0.4, 0.5) is 0 Å². The second-order valence-electron chi connectivity index (χ2n) is 2.80. The van der Waals surface area contributed by atoms with Crippen LogP contribution < -0.4 is 5.32 Å². The highest BCUT2D eigenvalue weighted by atomic mass is 16.3. The van der Waals surface area contributed by atoms with E-state index in [9.17, 15) is 4.79 Å². The molecule has 0 aromatic heterocycles. The van der Waals surface area contributed by atoms with Crippen molar-refractivity contribution in [2.24, 2.45) is 0 Å². The van der Waals surface area contributed by atoms with E-state index in [-0.39, 0.29) is 17.9 Å². The van der Waals surface area contributed by atoms with Crippen molar-refractivity contribution in [3.8, 4) is 0 Å². The Hall–Kier alpha value is -0.410. The summed E-state index contributed by atoms with van der Waals surface area (Å²) in [4.78, 5) is 10.8. The van der Waals surface area contributed by atoms with Gasteiger partial charge in [0.15, 0.2) is 0 Å². The number of hydrogen-bond acceptors (Lipinski definition) is 3. The first-order valence-corrected chi connectivity index (χ1v) is 3.62. The normalized spacial score (nSPS) is 33.8. The maximum atomic E-state index is 10.8. The van der Waals surface area contributed by atoms with Gasteiger partial charge in [-0.1, -0.05) is 0 Å². The molecule has 58 valence electrons. The van der Waals surface area contributed by atoms with Gasteiger partial charge in [0.2, 0.25) is 0 Å². The molecule has 0 aromatic rings. The number of nitrogens with one attached hydrogen (secondary N) is 1. The third-order valence-electron chi connectivity index (χ3n) is 1.87. The molecule has 0 bridgehead atoms. The van der Waals surface area contributed by atoms with Crippen molar-refractivity contribution in [3.05, 3.63) is 0 Å². The third-order valence-corrected chi connectivity index (χ3v) is 1.87. The number of aliphatic hydroxyl groups excluding tert-OH is 1. The standard InChI is InChI=1S/C7H13NO2/c1-5(9)7-4-6(10)2-3-8-7/h6-8,10H,2-4H2,1H3/t6-,7?/m1/s1. The van der Waals surface area contributed by atoms with E-state index in [1.807, 2.05) is 0 Å². The number of rotatable bonds is 1. The summed E-state index contributed by atoms with van der Waals surface area (Å²) in [7, 11) is 0. The number of carbonyl (C=O) groups excluding carboxylic acids is 1. The van der Waals surface area contributed by atoms with Gasteiger partial charge in [-0.25, -0.2) is 0 Å². The zero-order chi connectivity index (χ0) is 7.56. The predicted molar refractivity (Wildman–Crippen MR) is 37.7 cm³/mol. The van der Waals surface area contributed by atoms with Crippen LogP contribution in [-0.4, -0.2) is 29.6 Å². The molecule has 1 unspecified atom stereocenters. The highest BCUT2D eigenvalue weighted by Gasteiger charge is 2.22. The molecule has 2 N–H and O–H groups in total. The molecule has 0 aliphatic carbocycles. The summed E-state index contributed by atoms with van der Waals surface area (Å²) >= 11 is 0. The van der Waals surface area contributed by atoms with E-state index in [0.717, 1.165) is 13.0 Å². The summed E-state index contributed by atoms with van der Waals surface area (Å²) < 4.78 is 0. The average Bonchev–Trinajstić information content (AvgIpc) is 1.88. The van der Waals surface area contributed by atoms with Crippen molar-refractivity contribution in [1.82, 2.24) is 5.32 Å². The Balaban J connectivity index is 2.39. The minimum absolute atomic E-state index is 0.108. The highest BCUT2D eigenvalue weighted by molar-refractivity contribution is 5.81. The second kappa shape index (κ2) is 3.12. The molecular weight excluding hydrogens is 130 g/mol. The lowest BCUT2D eigenvalue weighted by atomic mass is 10.00. The Morgan fingerprint density at radius 2 is 2.40 bits per heavy atom. The lowest BCUT2D eigenvalue weighted by molar-refractivity contribution is -0.120. The minimum Gasteiger partial charge on any atom is -0.393 e. The van der Waals surface area contributed by atoms with E-state index in [4.69, 9.17) is 5.11 Å². The van der Waals surface area contributed by atoms with Gasteiger partial charge in [0.1, 0.15) is 5.78 Å². The summed E-state index contributed by atoms with van der Waals surface area (Å²) in [6.07, 6.45) is 1.06. The third kappa shape index (κ3) is 1.78. The first-order chi connectivity index (χ1) is 4.70.